The summed E-state index contributed by atoms with van der Waals surface area (Å²) in [6, 6.07) is 25.4. The van der Waals surface area contributed by atoms with Crippen molar-refractivity contribution >= 4 is 5.91 Å². The van der Waals surface area contributed by atoms with Gasteiger partial charge in [0, 0.05) is 6.54 Å². The summed E-state index contributed by atoms with van der Waals surface area (Å²) in [6.45, 7) is 0.944. The first-order valence-corrected chi connectivity index (χ1v) is 9.89. The molecule has 0 aliphatic heterocycles. The van der Waals surface area contributed by atoms with Crippen LogP contribution < -0.4 is 14.8 Å². The standard InChI is InChI=1S/C25H28N2O3/c1-27(17-19-8-7-11-23(16-19)30-3)18-24(28)26-25(20-9-5-4-6-10-20)21-12-14-22(29-2)15-13-21/h4-16,25H,17-18H2,1-3H3,(H,26,28)/t25-/m1/s1. The van der Waals surface area contributed by atoms with Gasteiger partial charge in [-0.2, -0.15) is 0 Å². The van der Waals surface area contributed by atoms with Crippen molar-refractivity contribution < 1.29 is 14.3 Å². The predicted octanol–water partition coefficient (Wildman–Crippen LogP) is 4.04. The minimum Gasteiger partial charge on any atom is -0.497 e. The van der Waals surface area contributed by atoms with Crippen LogP contribution in [-0.4, -0.2) is 38.6 Å². The highest BCUT2D eigenvalue weighted by Gasteiger charge is 2.18. The molecule has 0 unspecified atom stereocenters. The van der Waals surface area contributed by atoms with Crippen LogP contribution >= 0.6 is 0 Å². The van der Waals surface area contributed by atoms with Gasteiger partial charge in [-0.3, -0.25) is 9.69 Å². The number of amides is 1. The molecule has 0 aromatic heterocycles. The van der Waals surface area contributed by atoms with Gasteiger partial charge in [0.2, 0.25) is 5.91 Å². The van der Waals surface area contributed by atoms with E-state index in [-0.39, 0.29) is 18.5 Å². The summed E-state index contributed by atoms with van der Waals surface area (Å²) in [7, 11) is 5.23. The molecule has 3 aromatic carbocycles. The van der Waals surface area contributed by atoms with Crippen LogP contribution in [0.4, 0.5) is 0 Å². The van der Waals surface area contributed by atoms with Crippen LogP contribution in [0.2, 0.25) is 0 Å². The summed E-state index contributed by atoms with van der Waals surface area (Å²) < 4.78 is 10.5. The lowest BCUT2D eigenvalue weighted by Crippen LogP contribution is -2.37. The fourth-order valence-electron chi connectivity index (χ4n) is 3.39. The van der Waals surface area contributed by atoms with E-state index in [0.717, 1.165) is 28.2 Å². The third kappa shape index (κ3) is 5.84. The topological polar surface area (TPSA) is 50.8 Å². The molecule has 0 heterocycles. The number of rotatable bonds is 9. The lowest BCUT2D eigenvalue weighted by molar-refractivity contribution is -0.122. The molecule has 0 radical (unpaired) electrons. The van der Waals surface area contributed by atoms with Gasteiger partial charge in [0.1, 0.15) is 11.5 Å². The van der Waals surface area contributed by atoms with E-state index >= 15 is 0 Å². The molecule has 156 valence electrons. The molecule has 5 heteroatoms. The van der Waals surface area contributed by atoms with Crippen molar-refractivity contribution in [3.05, 3.63) is 95.6 Å². The van der Waals surface area contributed by atoms with Crippen LogP contribution in [0, 0.1) is 0 Å². The molecule has 0 aliphatic carbocycles. The van der Waals surface area contributed by atoms with Gasteiger partial charge >= 0.3 is 0 Å². The number of carbonyl (C=O) groups is 1. The number of likely N-dealkylation sites (N-methyl/N-ethyl adjacent to an activating group) is 1. The summed E-state index contributed by atoms with van der Waals surface area (Å²) in [6.07, 6.45) is 0. The fourth-order valence-corrected chi connectivity index (χ4v) is 3.39. The molecule has 1 atom stereocenters. The highest BCUT2D eigenvalue weighted by molar-refractivity contribution is 5.79. The molecule has 1 amide bonds. The van der Waals surface area contributed by atoms with E-state index < -0.39 is 0 Å². The lowest BCUT2D eigenvalue weighted by Gasteiger charge is -2.22. The molecule has 3 aromatic rings. The molecule has 0 aliphatic rings. The largest absolute Gasteiger partial charge is 0.497 e. The van der Waals surface area contributed by atoms with Gasteiger partial charge in [0.25, 0.3) is 0 Å². The SMILES string of the molecule is COc1ccc([C@H](NC(=O)CN(C)Cc2cccc(OC)c2)c2ccccc2)cc1. The molecule has 3 rings (SSSR count). The average Bonchev–Trinajstić information content (AvgIpc) is 2.78. The molecule has 1 N–H and O–H groups in total. The molecule has 0 spiro atoms. The maximum absolute atomic E-state index is 12.8. The Kier molecular flexibility index (Phi) is 7.46. The summed E-state index contributed by atoms with van der Waals surface area (Å²) in [4.78, 5) is 14.8. The van der Waals surface area contributed by atoms with Crippen LogP contribution in [0.5, 0.6) is 11.5 Å². The predicted molar refractivity (Wildman–Crippen MR) is 119 cm³/mol. The van der Waals surface area contributed by atoms with Crippen molar-refractivity contribution in [2.45, 2.75) is 12.6 Å². The second-order valence-electron chi connectivity index (χ2n) is 7.21. The number of nitrogens with zero attached hydrogens (tertiary/aromatic N) is 1. The summed E-state index contributed by atoms with van der Waals surface area (Å²) in [5.41, 5.74) is 3.14. The normalized spacial score (nSPS) is 11.7. The summed E-state index contributed by atoms with van der Waals surface area (Å²) in [5.74, 6) is 1.56. The Balaban J connectivity index is 1.69. The molecule has 5 nitrogen and oxygen atoms in total. The van der Waals surface area contributed by atoms with Crippen molar-refractivity contribution in [3.8, 4) is 11.5 Å². The Bertz CT molecular complexity index is 942. The average molecular weight is 405 g/mol. The van der Waals surface area contributed by atoms with Crippen molar-refractivity contribution in [2.24, 2.45) is 0 Å². The van der Waals surface area contributed by atoms with Crippen LogP contribution in [0.15, 0.2) is 78.9 Å². The number of ether oxygens (including phenoxy) is 2. The van der Waals surface area contributed by atoms with Crippen molar-refractivity contribution in [2.75, 3.05) is 27.8 Å². The van der Waals surface area contributed by atoms with Gasteiger partial charge in [-0.1, -0.05) is 54.6 Å². The van der Waals surface area contributed by atoms with Gasteiger partial charge in [-0.25, -0.2) is 0 Å². The highest BCUT2D eigenvalue weighted by Crippen LogP contribution is 2.24. The van der Waals surface area contributed by atoms with Crippen LogP contribution in [0.25, 0.3) is 0 Å². The van der Waals surface area contributed by atoms with E-state index in [0.29, 0.717) is 6.54 Å². The molecule has 0 fully saturated rings. The van der Waals surface area contributed by atoms with Gasteiger partial charge in [-0.15, -0.1) is 0 Å². The molecular formula is C25H28N2O3. The number of benzene rings is 3. The van der Waals surface area contributed by atoms with Crippen LogP contribution in [0.1, 0.15) is 22.7 Å². The van der Waals surface area contributed by atoms with E-state index in [1.54, 1.807) is 14.2 Å². The first-order chi connectivity index (χ1) is 14.6. The van der Waals surface area contributed by atoms with Crippen molar-refractivity contribution in [1.29, 1.82) is 0 Å². The van der Waals surface area contributed by atoms with Crippen LogP contribution in [-0.2, 0) is 11.3 Å². The monoisotopic (exact) mass is 404 g/mol. The smallest absolute Gasteiger partial charge is 0.234 e. The number of hydrogen-bond donors (Lipinski definition) is 1. The number of hydrogen-bond acceptors (Lipinski definition) is 4. The van der Waals surface area contributed by atoms with E-state index in [4.69, 9.17) is 9.47 Å². The van der Waals surface area contributed by atoms with E-state index in [1.165, 1.54) is 0 Å². The Morgan fingerprint density at radius 1 is 0.867 bits per heavy atom. The number of nitrogens with one attached hydrogen (secondary N) is 1. The second kappa shape index (κ2) is 10.5. The zero-order chi connectivity index (χ0) is 21.3. The molecule has 0 saturated heterocycles. The Morgan fingerprint density at radius 3 is 2.20 bits per heavy atom. The van der Waals surface area contributed by atoms with E-state index in [9.17, 15) is 4.79 Å². The highest BCUT2D eigenvalue weighted by atomic mass is 16.5. The van der Waals surface area contributed by atoms with Crippen molar-refractivity contribution in [3.63, 3.8) is 0 Å². The second-order valence-corrected chi connectivity index (χ2v) is 7.21. The maximum atomic E-state index is 12.8. The lowest BCUT2D eigenvalue weighted by atomic mass is 9.98. The maximum Gasteiger partial charge on any atom is 0.234 e. The number of methoxy groups -OCH3 is 2. The minimum atomic E-state index is -0.227. The zero-order valence-electron chi connectivity index (χ0n) is 17.7. The quantitative estimate of drug-likeness (QED) is 0.585. The first kappa shape index (κ1) is 21.4. The Hall–Kier alpha value is -3.31. The van der Waals surface area contributed by atoms with E-state index in [1.807, 2.05) is 90.8 Å². The van der Waals surface area contributed by atoms with Gasteiger partial charge in [0.05, 0.1) is 26.8 Å². The fraction of sp³-hybridized carbons (Fsp3) is 0.240. The first-order valence-electron chi connectivity index (χ1n) is 9.89. The van der Waals surface area contributed by atoms with Crippen LogP contribution in [0.3, 0.4) is 0 Å². The van der Waals surface area contributed by atoms with Gasteiger partial charge in [-0.05, 0) is 48.0 Å². The Labute approximate surface area is 178 Å². The summed E-state index contributed by atoms with van der Waals surface area (Å²) >= 11 is 0. The van der Waals surface area contributed by atoms with Gasteiger partial charge < -0.3 is 14.8 Å². The van der Waals surface area contributed by atoms with E-state index in [2.05, 4.69) is 5.32 Å². The Morgan fingerprint density at radius 2 is 1.53 bits per heavy atom. The molecule has 0 bridgehead atoms. The number of carbonyl (C=O) groups excluding carboxylic acids is 1. The third-order valence-electron chi connectivity index (χ3n) is 4.89. The van der Waals surface area contributed by atoms with Gasteiger partial charge in [0.15, 0.2) is 0 Å². The minimum absolute atomic E-state index is 0.0370. The van der Waals surface area contributed by atoms with Crippen molar-refractivity contribution in [1.82, 2.24) is 10.2 Å². The summed E-state index contributed by atoms with van der Waals surface area (Å²) in [5, 5.41) is 3.18. The molecule has 30 heavy (non-hydrogen) atoms. The zero-order valence-corrected chi connectivity index (χ0v) is 17.7. The molecule has 0 saturated carbocycles. The molecular weight excluding hydrogens is 376 g/mol. The third-order valence-corrected chi connectivity index (χ3v) is 4.89.